The average Bonchev–Trinajstić information content (AvgIpc) is 0.900. The summed E-state index contributed by atoms with van der Waals surface area (Å²) in [6.07, 6.45) is 6.18. The van der Waals surface area contributed by atoms with E-state index in [1.54, 1.807) is 76.9 Å². The summed E-state index contributed by atoms with van der Waals surface area (Å²) in [6.45, 7) is 8.09. The molecule has 2 saturated heterocycles. The predicted octanol–water partition coefficient (Wildman–Crippen LogP) is 9.22. The standard InChI is InChI=1S/C18H16N4O3S.C16H12N2O4S.C9H8N2.C7H5ClO4S.C7H14N2O2.C6H5NO2/c23-18(22-11-19-12-22)14-6-8-15(9-7-14)26(24,25)21-16-5-1-3-13-4-2-10-20-17(13)16;19-11-22-13-6-8-14(9-7-13)23(20,21)18-15-5-1-3-12-4-2-10-17-16(12)15;10-8-5-1-3-7-4-2-6-11-9(7)8;8-13(11,12)6-3-1-5(2-4-6)7(9)10;1-7(2,3)11-6(10)9-4-8-5-9;8-6(9)5-3-1-2-4-7-5/h1-10,19,21H,11-12H2;1-11,18H;1-6H,10H2;1-4H,(H,9,10);8H,4-5H2,1-3H3;1-4H,(H,8,9). The Balaban J connectivity index is 0.000000166. The highest BCUT2D eigenvalue weighted by molar-refractivity contribution is 8.13. The number of rotatable bonds is 12. The normalized spacial score (nSPS) is 12.4. The molecule has 0 aliphatic carbocycles. The van der Waals surface area contributed by atoms with Crippen molar-refractivity contribution >= 4 is 120 Å². The van der Waals surface area contributed by atoms with Gasteiger partial charge in [0.25, 0.3) is 41.5 Å². The lowest BCUT2D eigenvalue weighted by Crippen LogP contribution is -2.55. The largest absolute Gasteiger partial charge is 0.478 e. The summed E-state index contributed by atoms with van der Waals surface area (Å²) in [5, 5.41) is 25.5. The molecule has 4 aromatic heterocycles. The summed E-state index contributed by atoms with van der Waals surface area (Å²) in [6, 6.07) is 48.4. The van der Waals surface area contributed by atoms with Crippen LogP contribution >= 0.6 is 10.7 Å². The van der Waals surface area contributed by atoms with Gasteiger partial charge < -0.3 is 30.3 Å². The highest BCUT2D eigenvalue weighted by Crippen LogP contribution is 2.27. The Hall–Kier alpha value is -10.7. The number of amides is 2. The van der Waals surface area contributed by atoms with Gasteiger partial charge in [0, 0.05) is 57.2 Å². The van der Waals surface area contributed by atoms with Crippen molar-refractivity contribution in [1.29, 1.82) is 0 Å². The van der Waals surface area contributed by atoms with E-state index in [1.807, 2.05) is 75.4 Å². The molecule has 8 N–H and O–H groups in total. The first-order valence-corrected chi connectivity index (χ1v) is 32.7. The van der Waals surface area contributed by atoms with Crippen LogP contribution in [-0.2, 0) is 38.6 Å². The highest BCUT2D eigenvalue weighted by Gasteiger charge is 2.26. The zero-order valence-corrected chi connectivity index (χ0v) is 52.8. The number of nitrogen functional groups attached to an aromatic ring is 1. The number of para-hydroxylation sites is 3. The van der Waals surface area contributed by atoms with Gasteiger partial charge in [-0.15, -0.1) is 0 Å². The van der Waals surface area contributed by atoms with Crippen LogP contribution in [0.3, 0.4) is 0 Å². The molecule has 2 amide bonds. The van der Waals surface area contributed by atoms with Crippen molar-refractivity contribution in [3.8, 4) is 5.75 Å². The van der Waals surface area contributed by atoms with Gasteiger partial charge in [0.1, 0.15) is 17.0 Å². The monoisotopic (exact) mass is 1340 g/mol. The molecule has 2 aliphatic rings. The SMILES string of the molecule is CC(C)(C)OC(=O)N1CNC1.Nc1cccc2cccnc12.O=C(O)c1ccc(S(=O)(=O)Cl)cc1.O=C(O)c1ccccn1.O=C(c1ccc(S(=O)(=O)Nc2cccc3cccnc23)cc1)N1CNC1.O=COc1ccc(S(=O)(=O)Nc2cccc3cccnc23)cc1. The molecule has 12 rings (SSSR count). The number of anilines is 3. The Labute approximate surface area is 538 Å². The number of carbonyl (C=O) groups is 5. The average molecular weight is 1340 g/mol. The van der Waals surface area contributed by atoms with Crippen LogP contribution in [0.4, 0.5) is 21.9 Å². The molecule has 26 nitrogen and oxygen atoms in total. The number of fused-ring (bicyclic) bond motifs is 3. The molecule has 2 fully saturated rings. The number of nitrogens with two attached hydrogens (primary N) is 1. The van der Waals surface area contributed by atoms with E-state index < -0.39 is 41.0 Å². The predicted molar refractivity (Wildman–Crippen MR) is 348 cm³/mol. The van der Waals surface area contributed by atoms with Gasteiger partial charge in [-0.25, -0.2) is 44.6 Å². The molecular formula is C63H60ClN11O15S3. The maximum atomic E-state index is 12.7. The molecule has 93 heavy (non-hydrogen) atoms. The first-order chi connectivity index (χ1) is 44.2. The quantitative estimate of drug-likeness (QED) is 0.0340. The van der Waals surface area contributed by atoms with Gasteiger partial charge in [0.15, 0.2) is 0 Å². The number of aromatic nitrogens is 4. The smallest absolute Gasteiger partial charge is 0.412 e. The minimum Gasteiger partial charge on any atom is -0.478 e. The number of hydrogen-bond acceptors (Lipinski definition) is 20. The van der Waals surface area contributed by atoms with Crippen LogP contribution in [0.25, 0.3) is 32.7 Å². The van der Waals surface area contributed by atoms with E-state index in [9.17, 15) is 49.2 Å². The summed E-state index contributed by atoms with van der Waals surface area (Å²) in [5.74, 6) is -1.96. The number of aromatic carboxylic acids is 2. The van der Waals surface area contributed by atoms with Crippen LogP contribution in [0.5, 0.6) is 5.75 Å². The summed E-state index contributed by atoms with van der Waals surface area (Å²) in [7, 11) is -6.31. The van der Waals surface area contributed by atoms with Gasteiger partial charge in [-0.05, 0) is 142 Å². The number of nitrogens with zero attached hydrogens (tertiary/aromatic N) is 6. The number of hydrogen-bond donors (Lipinski definition) is 7. The number of carboxylic acid groups (broad SMARTS) is 2. The van der Waals surface area contributed by atoms with Crippen LogP contribution in [0.15, 0.2) is 221 Å². The Morgan fingerprint density at radius 3 is 1.35 bits per heavy atom. The first-order valence-electron chi connectivity index (χ1n) is 27.5. The van der Waals surface area contributed by atoms with Crippen molar-refractivity contribution in [2.45, 2.75) is 41.1 Å². The zero-order chi connectivity index (χ0) is 67.3. The number of ether oxygens (including phenoxy) is 2. The topological polar surface area (TPSA) is 379 Å². The number of carbonyl (C=O) groups excluding carboxylic acids is 3. The second-order valence-electron chi connectivity index (χ2n) is 20.4. The van der Waals surface area contributed by atoms with Crippen LogP contribution in [0, 0.1) is 0 Å². The van der Waals surface area contributed by atoms with E-state index in [1.165, 1.54) is 72.9 Å². The van der Waals surface area contributed by atoms with Crippen molar-refractivity contribution in [3.05, 3.63) is 224 Å². The molecule has 10 aromatic rings. The molecule has 0 saturated carbocycles. The molecule has 2 aliphatic heterocycles. The fourth-order valence-electron chi connectivity index (χ4n) is 7.92. The zero-order valence-electron chi connectivity index (χ0n) is 49.6. The van der Waals surface area contributed by atoms with Crippen LogP contribution in [0.2, 0.25) is 0 Å². The van der Waals surface area contributed by atoms with E-state index >= 15 is 0 Å². The third-order valence-corrected chi connectivity index (χ3v) is 16.7. The van der Waals surface area contributed by atoms with E-state index in [-0.39, 0.29) is 55.8 Å². The van der Waals surface area contributed by atoms with E-state index in [4.69, 9.17) is 31.4 Å². The highest BCUT2D eigenvalue weighted by atomic mass is 35.7. The maximum Gasteiger partial charge on any atom is 0.412 e. The van der Waals surface area contributed by atoms with Crippen molar-refractivity contribution in [2.24, 2.45) is 0 Å². The number of pyridine rings is 4. The molecule has 0 radical (unpaired) electrons. The van der Waals surface area contributed by atoms with Crippen molar-refractivity contribution in [3.63, 3.8) is 0 Å². The fraction of sp³-hybridized carbons (Fsp3) is 0.127. The number of carboxylic acids is 2. The van der Waals surface area contributed by atoms with Gasteiger partial charge in [0.05, 0.1) is 80.5 Å². The van der Waals surface area contributed by atoms with E-state index in [0.717, 1.165) is 39.5 Å². The number of halogens is 1. The minimum absolute atomic E-state index is 0.0177. The summed E-state index contributed by atoms with van der Waals surface area (Å²) in [5.41, 5.74) is 9.45. The lowest BCUT2D eigenvalue weighted by molar-refractivity contribution is -0.120. The molecule has 0 bridgehead atoms. The Kier molecular flexibility index (Phi) is 23.9. The molecule has 6 aromatic carbocycles. The second kappa shape index (κ2) is 31.9. The van der Waals surface area contributed by atoms with Gasteiger partial charge in [-0.3, -0.25) is 49.5 Å². The van der Waals surface area contributed by atoms with Crippen LogP contribution in [-0.4, -0.2) is 128 Å². The maximum absolute atomic E-state index is 12.7. The molecule has 0 atom stereocenters. The summed E-state index contributed by atoms with van der Waals surface area (Å²) < 4.78 is 86.6. The second-order valence-corrected chi connectivity index (χ2v) is 26.3. The Morgan fingerprint density at radius 1 is 0.527 bits per heavy atom. The Bertz CT molecular complexity index is 4590. The summed E-state index contributed by atoms with van der Waals surface area (Å²) >= 11 is 0. The van der Waals surface area contributed by atoms with Gasteiger partial charge in [0.2, 0.25) is 0 Å². The van der Waals surface area contributed by atoms with Gasteiger partial charge in [-0.1, -0.05) is 60.7 Å². The van der Waals surface area contributed by atoms with E-state index in [0.29, 0.717) is 54.6 Å². The van der Waals surface area contributed by atoms with Gasteiger partial charge in [-0.2, -0.15) is 0 Å². The van der Waals surface area contributed by atoms with Crippen molar-refractivity contribution < 1.29 is 68.9 Å². The third kappa shape index (κ3) is 20.4. The fourth-order valence-corrected chi connectivity index (χ4v) is 10.8. The molecule has 482 valence electrons. The molecule has 0 unspecified atom stereocenters. The molecule has 6 heterocycles. The lowest BCUT2D eigenvalue weighted by Gasteiger charge is -2.33. The van der Waals surface area contributed by atoms with Crippen molar-refractivity contribution in [2.75, 3.05) is 41.9 Å². The lowest BCUT2D eigenvalue weighted by atomic mass is 10.2. The number of benzene rings is 6. The van der Waals surface area contributed by atoms with Crippen LogP contribution in [0.1, 0.15) is 52.0 Å². The van der Waals surface area contributed by atoms with Crippen LogP contribution < -0.4 is 30.5 Å². The third-order valence-electron chi connectivity index (χ3n) is 12.6. The molecule has 30 heteroatoms. The Morgan fingerprint density at radius 2 is 0.957 bits per heavy atom. The summed E-state index contributed by atoms with van der Waals surface area (Å²) in [4.78, 5) is 73.5. The number of sulfonamides is 2. The van der Waals surface area contributed by atoms with Gasteiger partial charge >= 0.3 is 18.0 Å². The molecular weight excluding hydrogens is 1280 g/mol. The minimum atomic E-state index is -3.79. The number of nitrogens with one attached hydrogen (secondary N) is 4. The van der Waals surface area contributed by atoms with E-state index in [2.05, 4.69) is 44.8 Å². The molecule has 0 spiro atoms. The van der Waals surface area contributed by atoms with Crippen molar-refractivity contribution in [1.82, 2.24) is 40.4 Å². The first kappa shape index (κ1) is 69.8.